The number of hydrogen-bond donors (Lipinski definition) is 0. The van der Waals surface area contributed by atoms with Crippen LogP contribution in [-0.4, -0.2) is 120 Å². The van der Waals surface area contributed by atoms with Crippen LogP contribution in [0.25, 0.3) is 0 Å². The zero-order valence-electron chi connectivity index (χ0n) is 17.5. The van der Waals surface area contributed by atoms with Gasteiger partial charge in [0.15, 0.2) is 0 Å². The average Bonchev–Trinajstić information content (AvgIpc) is 2.68. The highest BCUT2D eigenvalue weighted by atomic mass is 16.6. The molecule has 1 saturated heterocycles. The molecule has 0 aromatic rings. The van der Waals surface area contributed by atoms with Gasteiger partial charge in [-0.15, -0.1) is 0 Å². The first-order chi connectivity index (χ1) is 13.8. The van der Waals surface area contributed by atoms with E-state index in [9.17, 15) is 0 Å². The molecule has 0 spiro atoms. The molecule has 1 fully saturated rings. The van der Waals surface area contributed by atoms with Crippen LogP contribution < -0.4 is 0 Å². The van der Waals surface area contributed by atoms with E-state index in [2.05, 4.69) is 0 Å². The minimum Gasteiger partial charge on any atom is -0.382 e. The quantitative estimate of drug-likeness (QED) is 0.235. The maximum atomic E-state index is 5.72. The van der Waals surface area contributed by atoms with Crippen LogP contribution in [0.5, 0.6) is 0 Å². The van der Waals surface area contributed by atoms with E-state index < -0.39 is 0 Å². The van der Waals surface area contributed by atoms with Gasteiger partial charge < -0.3 is 42.6 Å². The molecular formula is C19H38O9. The molecule has 1 aliphatic rings. The van der Waals surface area contributed by atoms with Gasteiger partial charge in [0.2, 0.25) is 0 Å². The molecule has 0 radical (unpaired) electrons. The molecule has 1 rings (SSSR count). The maximum absolute atomic E-state index is 5.72. The van der Waals surface area contributed by atoms with Crippen LogP contribution in [-0.2, 0) is 42.6 Å². The summed E-state index contributed by atoms with van der Waals surface area (Å²) in [6, 6.07) is 0. The van der Waals surface area contributed by atoms with Crippen molar-refractivity contribution < 1.29 is 42.6 Å². The fourth-order valence-electron chi connectivity index (χ4n) is 2.34. The van der Waals surface area contributed by atoms with E-state index in [1.165, 1.54) is 0 Å². The van der Waals surface area contributed by atoms with Crippen molar-refractivity contribution in [1.29, 1.82) is 0 Å². The van der Waals surface area contributed by atoms with Gasteiger partial charge in [-0.1, -0.05) is 0 Å². The van der Waals surface area contributed by atoms with Gasteiger partial charge in [0.1, 0.15) is 0 Å². The van der Waals surface area contributed by atoms with Crippen molar-refractivity contribution in [2.45, 2.75) is 0 Å². The molecule has 0 bridgehead atoms. The third kappa shape index (κ3) is 13.8. The summed E-state index contributed by atoms with van der Waals surface area (Å²) in [5.74, 6) is 0. The number of hydrogen-bond acceptors (Lipinski definition) is 9. The molecule has 28 heavy (non-hydrogen) atoms. The van der Waals surface area contributed by atoms with Crippen LogP contribution in [0.2, 0.25) is 0 Å². The highest BCUT2D eigenvalue weighted by molar-refractivity contribution is 4.85. The molecule has 0 saturated carbocycles. The summed E-state index contributed by atoms with van der Waals surface area (Å²) in [5.41, 5.74) is -0.0491. The molecule has 0 amide bonds. The van der Waals surface area contributed by atoms with Gasteiger partial charge in [-0.2, -0.15) is 0 Å². The Labute approximate surface area is 168 Å². The van der Waals surface area contributed by atoms with Crippen LogP contribution >= 0.6 is 0 Å². The molecule has 0 unspecified atom stereocenters. The van der Waals surface area contributed by atoms with E-state index in [0.29, 0.717) is 106 Å². The molecule has 0 aromatic heterocycles. The molecule has 0 atom stereocenters. The van der Waals surface area contributed by atoms with E-state index in [0.717, 1.165) is 0 Å². The molecule has 0 aliphatic carbocycles. The molecule has 9 nitrogen and oxygen atoms in total. The van der Waals surface area contributed by atoms with E-state index in [1.807, 2.05) is 0 Å². The second-order valence-corrected chi connectivity index (χ2v) is 6.53. The monoisotopic (exact) mass is 410 g/mol. The third-order valence-corrected chi connectivity index (χ3v) is 3.98. The number of methoxy groups -OCH3 is 2. The van der Waals surface area contributed by atoms with Crippen LogP contribution in [0.1, 0.15) is 0 Å². The van der Waals surface area contributed by atoms with Crippen molar-refractivity contribution in [3.8, 4) is 0 Å². The molecular weight excluding hydrogens is 372 g/mol. The molecule has 168 valence electrons. The summed E-state index contributed by atoms with van der Waals surface area (Å²) in [7, 11) is 3.30. The van der Waals surface area contributed by atoms with Gasteiger partial charge in [0, 0.05) is 14.2 Å². The van der Waals surface area contributed by atoms with Gasteiger partial charge in [-0.3, -0.25) is 0 Å². The average molecular weight is 411 g/mol. The summed E-state index contributed by atoms with van der Waals surface area (Å²) in [5, 5.41) is 0. The van der Waals surface area contributed by atoms with Crippen LogP contribution in [0, 0.1) is 5.41 Å². The minimum atomic E-state index is -0.0491. The Morgan fingerprint density at radius 1 is 0.500 bits per heavy atom. The first-order valence-corrected chi connectivity index (χ1v) is 9.85. The lowest BCUT2D eigenvalue weighted by Gasteiger charge is -2.40. The van der Waals surface area contributed by atoms with E-state index in [-0.39, 0.29) is 5.41 Å². The minimum absolute atomic E-state index is 0.0491. The van der Waals surface area contributed by atoms with Gasteiger partial charge in [0.05, 0.1) is 111 Å². The van der Waals surface area contributed by atoms with Crippen molar-refractivity contribution in [3.63, 3.8) is 0 Å². The first-order valence-electron chi connectivity index (χ1n) is 9.85. The lowest BCUT2D eigenvalue weighted by Crippen LogP contribution is -2.50. The first kappa shape index (κ1) is 25.7. The summed E-state index contributed by atoms with van der Waals surface area (Å²) < 4.78 is 48.1. The summed E-state index contributed by atoms with van der Waals surface area (Å²) in [6.07, 6.45) is 0. The smallest absolute Gasteiger partial charge is 0.0701 e. The van der Waals surface area contributed by atoms with E-state index in [4.69, 9.17) is 42.6 Å². The Bertz CT molecular complexity index is 301. The maximum Gasteiger partial charge on any atom is 0.0701 e. The Kier molecular flexibility index (Phi) is 17.1. The fourth-order valence-corrected chi connectivity index (χ4v) is 2.34. The predicted molar refractivity (Wildman–Crippen MR) is 102 cm³/mol. The van der Waals surface area contributed by atoms with Crippen molar-refractivity contribution in [3.05, 3.63) is 0 Å². The SMILES string of the molecule is COCCOCCOCCOCC1(COCCOCCOCCOC)COC1. The van der Waals surface area contributed by atoms with Gasteiger partial charge >= 0.3 is 0 Å². The van der Waals surface area contributed by atoms with Crippen LogP contribution in [0.15, 0.2) is 0 Å². The zero-order chi connectivity index (χ0) is 20.2. The van der Waals surface area contributed by atoms with Gasteiger partial charge in [0.25, 0.3) is 0 Å². The lowest BCUT2D eigenvalue weighted by molar-refractivity contribution is -0.181. The molecule has 1 heterocycles. The van der Waals surface area contributed by atoms with Crippen LogP contribution in [0.4, 0.5) is 0 Å². The molecule has 0 N–H and O–H groups in total. The molecule has 0 aromatic carbocycles. The second-order valence-electron chi connectivity index (χ2n) is 6.53. The Hall–Kier alpha value is -0.360. The molecule has 9 heteroatoms. The van der Waals surface area contributed by atoms with Crippen LogP contribution in [0.3, 0.4) is 0 Å². The number of ether oxygens (including phenoxy) is 9. The zero-order valence-corrected chi connectivity index (χ0v) is 17.5. The normalized spacial score (nSPS) is 15.6. The highest BCUT2D eigenvalue weighted by Crippen LogP contribution is 2.28. The van der Waals surface area contributed by atoms with E-state index in [1.54, 1.807) is 14.2 Å². The van der Waals surface area contributed by atoms with Crippen molar-refractivity contribution in [2.75, 3.05) is 120 Å². The second kappa shape index (κ2) is 18.7. The van der Waals surface area contributed by atoms with Gasteiger partial charge in [-0.05, 0) is 0 Å². The van der Waals surface area contributed by atoms with Crippen molar-refractivity contribution in [1.82, 2.24) is 0 Å². The highest BCUT2D eigenvalue weighted by Gasteiger charge is 2.39. The predicted octanol–water partition coefficient (Wildman–Crippen LogP) is 0.395. The van der Waals surface area contributed by atoms with E-state index >= 15 is 0 Å². The number of rotatable bonds is 22. The Morgan fingerprint density at radius 2 is 0.821 bits per heavy atom. The largest absolute Gasteiger partial charge is 0.382 e. The third-order valence-electron chi connectivity index (χ3n) is 3.98. The van der Waals surface area contributed by atoms with Crippen molar-refractivity contribution >= 4 is 0 Å². The Balaban J connectivity index is 1.87. The Morgan fingerprint density at radius 3 is 1.11 bits per heavy atom. The topological polar surface area (TPSA) is 83.1 Å². The van der Waals surface area contributed by atoms with Crippen molar-refractivity contribution in [2.24, 2.45) is 5.41 Å². The van der Waals surface area contributed by atoms with Gasteiger partial charge in [-0.25, -0.2) is 0 Å². The standard InChI is InChI=1S/C19H38O9/c1-20-3-5-22-7-9-24-11-13-26-15-19(17-28-18-19)16-27-14-12-25-10-8-23-6-4-21-2/h3-18H2,1-2H3. The summed E-state index contributed by atoms with van der Waals surface area (Å²) >= 11 is 0. The lowest BCUT2D eigenvalue weighted by atomic mass is 9.88. The molecule has 1 aliphatic heterocycles. The summed E-state index contributed by atoms with van der Waals surface area (Å²) in [4.78, 5) is 0. The summed E-state index contributed by atoms with van der Waals surface area (Å²) in [6.45, 7) is 9.36. The fraction of sp³-hybridized carbons (Fsp3) is 1.00.